The van der Waals surface area contributed by atoms with Gasteiger partial charge >= 0.3 is 0 Å². The Morgan fingerprint density at radius 2 is 1.69 bits per heavy atom. The summed E-state index contributed by atoms with van der Waals surface area (Å²) in [6.07, 6.45) is -0.00503. The maximum Gasteiger partial charge on any atom is 0.246 e. The first-order chi connectivity index (χ1) is 15.2. The van der Waals surface area contributed by atoms with Crippen LogP contribution in [0.4, 0.5) is 5.69 Å². The average Bonchev–Trinajstić information content (AvgIpc) is 2.75. The average molecular weight is 462 g/mol. The van der Waals surface area contributed by atoms with E-state index in [2.05, 4.69) is 10.6 Å². The zero-order chi connectivity index (χ0) is 23.7. The van der Waals surface area contributed by atoms with E-state index < -0.39 is 16.1 Å². The number of sulfonamides is 1. The molecular weight excluding hydrogens is 430 g/mol. The summed E-state index contributed by atoms with van der Waals surface area (Å²) in [4.78, 5) is 24.4. The lowest BCUT2D eigenvalue weighted by atomic mass is 10.0. The maximum atomic E-state index is 13.1. The van der Waals surface area contributed by atoms with Gasteiger partial charge in [0.25, 0.3) is 0 Å². The van der Waals surface area contributed by atoms with E-state index >= 15 is 0 Å². The summed E-state index contributed by atoms with van der Waals surface area (Å²) < 4.78 is 33.1. The van der Waals surface area contributed by atoms with Crippen LogP contribution < -0.4 is 15.4 Å². The number of hydrogen-bond donors (Lipinski definition) is 2. The van der Waals surface area contributed by atoms with Crippen molar-refractivity contribution in [2.75, 3.05) is 25.0 Å². The van der Waals surface area contributed by atoms with Crippen LogP contribution in [0, 0.1) is 0 Å². The van der Waals surface area contributed by atoms with Crippen LogP contribution in [0.1, 0.15) is 45.7 Å². The Morgan fingerprint density at radius 3 is 2.25 bits per heavy atom. The molecule has 0 saturated heterocycles. The van der Waals surface area contributed by atoms with E-state index in [9.17, 15) is 18.0 Å². The number of amides is 2. The van der Waals surface area contributed by atoms with Gasteiger partial charge in [0.15, 0.2) is 0 Å². The van der Waals surface area contributed by atoms with Crippen LogP contribution in [0.25, 0.3) is 0 Å². The molecule has 2 aromatic rings. The summed E-state index contributed by atoms with van der Waals surface area (Å²) >= 11 is 0. The fraction of sp³-hybridized carbons (Fsp3) is 0.391. The number of nitrogens with one attached hydrogen (secondary N) is 2. The van der Waals surface area contributed by atoms with Crippen LogP contribution in [-0.2, 0) is 19.6 Å². The lowest BCUT2D eigenvalue weighted by Crippen LogP contribution is -2.31. The number of ether oxygens (including phenoxy) is 1. The Balaban J connectivity index is 2.29. The first-order valence-electron chi connectivity index (χ1n) is 10.6. The number of anilines is 1. The van der Waals surface area contributed by atoms with Crippen molar-refractivity contribution in [3.8, 4) is 5.75 Å². The summed E-state index contributed by atoms with van der Waals surface area (Å²) in [6, 6.07) is 13.2. The molecule has 2 aromatic carbocycles. The summed E-state index contributed by atoms with van der Waals surface area (Å²) in [6.45, 7) is 7.63. The number of carbonyl (C=O) groups is 2. The first kappa shape index (κ1) is 25.4. The van der Waals surface area contributed by atoms with Crippen LogP contribution >= 0.6 is 0 Å². The standard InChI is InChI=1S/C23H31N3O5S/c1-5-26(6-2)32(29,30)22-15-19(13-14-21(22)31-7-3)25-23(28)16-20(24-17(4)27)18-11-9-8-10-12-18/h8-15,20H,5-7,16H2,1-4H3,(H,24,27)(H,25,28). The van der Waals surface area contributed by atoms with Gasteiger partial charge in [-0.25, -0.2) is 8.42 Å². The molecule has 0 saturated carbocycles. The van der Waals surface area contributed by atoms with E-state index in [0.717, 1.165) is 5.56 Å². The molecule has 0 radical (unpaired) electrons. The third-order valence-electron chi connectivity index (χ3n) is 4.82. The highest BCUT2D eigenvalue weighted by Crippen LogP contribution is 2.30. The Hall–Kier alpha value is -2.91. The Morgan fingerprint density at radius 1 is 1.03 bits per heavy atom. The summed E-state index contributed by atoms with van der Waals surface area (Å²) in [7, 11) is -3.79. The number of benzene rings is 2. The van der Waals surface area contributed by atoms with Crippen LogP contribution in [-0.4, -0.2) is 44.2 Å². The van der Waals surface area contributed by atoms with Gasteiger partial charge in [-0.15, -0.1) is 0 Å². The molecule has 0 bridgehead atoms. The molecule has 0 fully saturated rings. The minimum Gasteiger partial charge on any atom is -0.492 e. The van der Waals surface area contributed by atoms with Gasteiger partial charge in [-0.2, -0.15) is 4.31 Å². The van der Waals surface area contributed by atoms with Crippen molar-refractivity contribution < 1.29 is 22.7 Å². The molecule has 2 N–H and O–H groups in total. The molecule has 0 aliphatic rings. The second kappa shape index (κ2) is 11.6. The van der Waals surface area contributed by atoms with Crippen molar-refractivity contribution in [1.29, 1.82) is 0 Å². The Kier molecular flexibility index (Phi) is 9.22. The molecule has 9 heteroatoms. The molecule has 1 atom stereocenters. The third-order valence-corrected chi connectivity index (χ3v) is 6.89. The van der Waals surface area contributed by atoms with E-state index in [1.165, 1.54) is 23.4 Å². The Labute approximate surface area is 190 Å². The zero-order valence-corrected chi connectivity index (χ0v) is 19.7. The molecule has 0 spiro atoms. The monoisotopic (exact) mass is 461 g/mol. The highest BCUT2D eigenvalue weighted by molar-refractivity contribution is 7.89. The topological polar surface area (TPSA) is 105 Å². The van der Waals surface area contributed by atoms with E-state index in [0.29, 0.717) is 25.4 Å². The van der Waals surface area contributed by atoms with Crippen molar-refractivity contribution in [2.45, 2.75) is 45.1 Å². The van der Waals surface area contributed by atoms with Gasteiger partial charge < -0.3 is 15.4 Å². The smallest absolute Gasteiger partial charge is 0.246 e. The van der Waals surface area contributed by atoms with E-state index in [-0.39, 0.29) is 28.9 Å². The van der Waals surface area contributed by atoms with E-state index in [4.69, 9.17) is 4.74 Å². The SMILES string of the molecule is CCOc1ccc(NC(=O)CC(NC(C)=O)c2ccccc2)cc1S(=O)(=O)N(CC)CC. The second-order valence-electron chi connectivity index (χ2n) is 7.10. The predicted molar refractivity (Wildman–Crippen MR) is 124 cm³/mol. The van der Waals surface area contributed by atoms with Gasteiger partial charge in [-0.05, 0) is 30.7 Å². The van der Waals surface area contributed by atoms with Gasteiger partial charge in [0.1, 0.15) is 10.6 Å². The van der Waals surface area contributed by atoms with Gasteiger partial charge in [-0.3, -0.25) is 9.59 Å². The van der Waals surface area contributed by atoms with Crippen LogP contribution in [0.15, 0.2) is 53.4 Å². The van der Waals surface area contributed by atoms with Crippen LogP contribution in [0.5, 0.6) is 5.75 Å². The molecule has 0 aliphatic heterocycles. The van der Waals surface area contributed by atoms with Crippen molar-refractivity contribution in [3.63, 3.8) is 0 Å². The van der Waals surface area contributed by atoms with E-state index in [1.807, 2.05) is 30.3 Å². The molecule has 0 heterocycles. The minimum absolute atomic E-state index is 0.00215. The summed E-state index contributed by atoms with van der Waals surface area (Å²) in [5.41, 5.74) is 1.13. The maximum absolute atomic E-state index is 13.1. The molecule has 0 aliphatic carbocycles. The molecular formula is C23H31N3O5S. The second-order valence-corrected chi connectivity index (χ2v) is 9.01. The van der Waals surface area contributed by atoms with Gasteiger partial charge in [-0.1, -0.05) is 44.2 Å². The fourth-order valence-corrected chi connectivity index (χ4v) is 4.96. The number of nitrogens with zero attached hydrogens (tertiary/aromatic N) is 1. The highest BCUT2D eigenvalue weighted by Gasteiger charge is 2.26. The quantitative estimate of drug-likeness (QED) is 0.534. The molecule has 1 unspecified atom stereocenters. The minimum atomic E-state index is -3.79. The zero-order valence-electron chi connectivity index (χ0n) is 18.9. The molecule has 32 heavy (non-hydrogen) atoms. The number of rotatable bonds is 11. The molecule has 174 valence electrons. The lowest BCUT2D eigenvalue weighted by molar-refractivity contribution is -0.120. The molecule has 2 amide bonds. The Bertz CT molecular complexity index is 1020. The summed E-state index contributed by atoms with van der Waals surface area (Å²) in [5.74, 6) is -0.374. The van der Waals surface area contributed by atoms with Gasteiger partial charge in [0, 0.05) is 25.7 Å². The number of hydrogen-bond acceptors (Lipinski definition) is 5. The van der Waals surface area contributed by atoms with Crippen molar-refractivity contribution in [1.82, 2.24) is 9.62 Å². The largest absolute Gasteiger partial charge is 0.492 e. The van der Waals surface area contributed by atoms with Gasteiger partial charge in [0.2, 0.25) is 21.8 Å². The normalized spacial score (nSPS) is 12.3. The van der Waals surface area contributed by atoms with Crippen LogP contribution in [0.2, 0.25) is 0 Å². The van der Waals surface area contributed by atoms with Crippen molar-refractivity contribution in [3.05, 3.63) is 54.1 Å². The van der Waals surface area contributed by atoms with E-state index in [1.54, 1.807) is 26.8 Å². The van der Waals surface area contributed by atoms with Crippen molar-refractivity contribution >= 4 is 27.5 Å². The van der Waals surface area contributed by atoms with Crippen LogP contribution in [0.3, 0.4) is 0 Å². The molecule has 8 nitrogen and oxygen atoms in total. The van der Waals surface area contributed by atoms with Gasteiger partial charge in [0.05, 0.1) is 19.1 Å². The summed E-state index contributed by atoms with van der Waals surface area (Å²) in [5, 5.41) is 5.53. The highest BCUT2D eigenvalue weighted by atomic mass is 32.2. The fourth-order valence-electron chi connectivity index (χ4n) is 3.35. The predicted octanol–water partition coefficient (Wildman–Crippen LogP) is 3.32. The third kappa shape index (κ3) is 6.54. The molecule has 0 aromatic heterocycles. The van der Waals surface area contributed by atoms with Crippen molar-refractivity contribution in [2.24, 2.45) is 0 Å². The lowest BCUT2D eigenvalue weighted by Gasteiger charge is -2.21. The number of carbonyl (C=O) groups excluding carboxylic acids is 2. The molecule has 2 rings (SSSR count). The first-order valence-corrected chi connectivity index (χ1v) is 12.1.